The molecular formula is C36H53N5O4. The normalized spacial score (nSPS) is 14.7. The Kier molecular flexibility index (Phi) is 13.1. The van der Waals surface area contributed by atoms with E-state index in [1.54, 1.807) is 0 Å². The molecule has 0 amide bonds. The molecule has 0 bridgehead atoms. The average Bonchev–Trinajstić information content (AvgIpc) is 3.03. The summed E-state index contributed by atoms with van der Waals surface area (Å²) >= 11 is 0. The largest absolute Gasteiger partial charge is 0.381 e. The van der Waals surface area contributed by atoms with E-state index >= 15 is 0 Å². The molecule has 3 aromatic rings. The second-order valence-corrected chi connectivity index (χ2v) is 12.1. The van der Waals surface area contributed by atoms with Crippen LogP contribution in [0.3, 0.4) is 0 Å². The Morgan fingerprint density at radius 1 is 1.13 bits per heavy atom. The first kappa shape index (κ1) is 34.8. The second-order valence-electron chi connectivity index (χ2n) is 12.1. The van der Waals surface area contributed by atoms with E-state index in [-0.39, 0.29) is 12.1 Å². The predicted molar refractivity (Wildman–Crippen MR) is 182 cm³/mol. The van der Waals surface area contributed by atoms with E-state index in [0.29, 0.717) is 18.2 Å². The van der Waals surface area contributed by atoms with Crippen molar-refractivity contribution in [3.63, 3.8) is 0 Å². The quantitative estimate of drug-likeness (QED) is 0.147. The number of aryl methyl sites for hydroxylation is 2. The first-order valence-electron chi connectivity index (χ1n) is 16.6. The zero-order chi connectivity index (χ0) is 32.3. The Bertz CT molecular complexity index is 1420. The summed E-state index contributed by atoms with van der Waals surface area (Å²) in [7, 11) is 2.08. The van der Waals surface area contributed by atoms with Gasteiger partial charge in [-0.1, -0.05) is 19.4 Å². The molecule has 1 aromatic carbocycles. The minimum atomic E-state index is -0.960. The van der Waals surface area contributed by atoms with Gasteiger partial charge in [0, 0.05) is 86.3 Å². The number of anilines is 1. The molecule has 0 spiro atoms. The van der Waals surface area contributed by atoms with E-state index in [0.717, 1.165) is 110 Å². The van der Waals surface area contributed by atoms with Gasteiger partial charge in [0.05, 0.1) is 12.3 Å². The highest BCUT2D eigenvalue weighted by atomic mass is 16.5. The summed E-state index contributed by atoms with van der Waals surface area (Å²) in [6, 6.07) is 10.9. The Balaban J connectivity index is 1.65. The predicted octanol–water partition coefficient (Wildman–Crippen LogP) is 5.26. The SMILES string of the molecule is CCCc1cc(C)[nH]c(=O)c1CNC(O)c1cc(-c2ccc(CN(C)CCOCC)nc2)cc(N(CC)C2CCOCC2)c1C. The second kappa shape index (κ2) is 17.0. The molecule has 1 unspecified atom stereocenters. The van der Waals surface area contributed by atoms with Gasteiger partial charge in [0.2, 0.25) is 0 Å². The molecule has 1 aliphatic heterocycles. The average molecular weight is 620 g/mol. The number of pyridine rings is 2. The van der Waals surface area contributed by atoms with E-state index in [1.807, 2.05) is 26.1 Å². The number of hydrogen-bond donors (Lipinski definition) is 3. The summed E-state index contributed by atoms with van der Waals surface area (Å²) in [6.45, 7) is 15.9. The molecule has 0 aliphatic carbocycles. The lowest BCUT2D eigenvalue weighted by Gasteiger charge is -2.37. The highest BCUT2D eigenvalue weighted by Crippen LogP contribution is 2.35. The van der Waals surface area contributed by atoms with E-state index in [1.165, 1.54) is 0 Å². The molecule has 9 nitrogen and oxygen atoms in total. The van der Waals surface area contributed by atoms with Gasteiger partial charge in [-0.2, -0.15) is 0 Å². The number of hydrogen-bond acceptors (Lipinski definition) is 8. The highest BCUT2D eigenvalue weighted by Gasteiger charge is 2.25. The van der Waals surface area contributed by atoms with Gasteiger partial charge in [0.15, 0.2) is 0 Å². The van der Waals surface area contributed by atoms with Gasteiger partial charge >= 0.3 is 0 Å². The van der Waals surface area contributed by atoms with Crippen LogP contribution in [0.5, 0.6) is 0 Å². The molecule has 3 heterocycles. The molecule has 1 fully saturated rings. The lowest BCUT2D eigenvalue weighted by molar-refractivity contribution is 0.0846. The Morgan fingerprint density at radius 3 is 2.58 bits per heavy atom. The van der Waals surface area contributed by atoms with Gasteiger partial charge in [-0.25, -0.2) is 0 Å². The fourth-order valence-electron chi connectivity index (χ4n) is 6.28. The number of aliphatic hydroxyl groups is 1. The van der Waals surface area contributed by atoms with Crippen LogP contribution in [0.2, 0.25) is 0 Å². The number of H-pyrrole nitrogens is 1. The fourth-order valence-corrected chi connectivity index (χ4v) is 6.28. The molecule has 1 atom stereocenters. The smallest absolute Gasteiger partial charge is 0.252 e. The van der Waals surface area contributed by atoms with Crippen LogP contribution in [-0.2, 0) is 29.0 Å². The van der Waals surface area contributed by atoms with Crippen molar-refractivity contribution in [2.75, 3.05) is 51.5 Å². The van der Waals surface area contributed by atoms with Crippen LogP contribution < -0.4 is 15.8 Å². The number of aliphatic hydroxyl groups excluding tert-OH is 1. The van der Waals surface area contributed by atoms with Crippen molar-refractivity contribution in [2.45, 2.75) is 85.7 Å². The number of nitrogens with zero attached hydrogens (tertiary/aromatic N) is 3. The minimum Gasteiger partial charge on any atom is -0.381 e. The van der Waals surface area contributed by atoms with Crippen LogP contribution in [0.25, 0.3) is 11.1 Å². The molecule has 1 aliphatic rings. The van der Waals surface area contributed by atoms with Crippen molar-refractivity contribution in [2.24, 2.45) is 0 Å². The van der Waals surface area contributed by atoms with Crippen molar-refractivity contribution in [1.82, 2.24) is 20.2 Å². The number of likely N-dealkylation sites (N-methyl/N-ethyl adjacent to an activating group) is 1. The van der Waals surface area contributed by atoms with Gasteiger partial charge in [0.1, 0.15) is 6.23 Å². The van der Waals surface area contributed by atoms with E-state index in [2.05, 4.69) is 72.2 Å². The number of benzene rings is 1. The number of nitrogens with one attached hydrogen (secondary N) is 2. The number of ether oxygens (including phenoxy) is 2. The first-order chi connectivity index (χ1) is 21.7. The van der Waals surface area contributed by atoms with Crippen LogP contribution in [0.15, 0.2) is 41.3 Å². The zero-order valence-electron chi connectivity index (χ0n) is 28.1. The van der Waals surface area contributed by atoms with E-state index in [9.17, 15) is 9.90 Å². The molecular weight excluding hydrogens is 566 g/mol. The Labute approximate surface area is 269 Å². The number of aromatic nitrogens is 2. The zero-order valence-corrected chi connectivity index (χ0v) is 28.1. The van der Waals surface area contributed by atoms with Gasteiger partial charge in [-0.3, -0.25) is 20.0 Å². The van der Waals surface area contributed by atoms with Crippen molar-refractivity contribution in [1.29, 1.82) is 0 Å². The lowest BCUT2D eigenvalue weighted by atomic mass is 9.95. The maximum Gasteiger partial charge on any atom is 0.252 e. The fraction of sp³-hybridized carbons (Fsp3) is 0.556. The molecule has 3 N–H and O–H groups in total. The Morgan fingerprint density at radius 2 is 1.91 bits per heavy atom. The van der Waals surface area contributed by atoms with Gasteiger partial charge in [-0.15, -0.1) is 0 Å². The molecule has 4 rings (SSSR count). The van der Waals surface area contributed by atoms with Crippen LogP contribution in [-0.4, -0.2) is 72.6 Å². The van der Waals surface area contributed by atoms with Crippen LogP contribution in [0.4, 0.5) is 5.69 Å². The monoisotopic (exact) mass is 619 g/mol. The van der Waals surface area contributed by atoms with Crippen molar-refractivity contribution < 1.29 is 14.6 Å². The minimum absolute atomic E-state index is 0.101. The van der Waals surface area contributed by atoms with Crippen LogP contribution in [0, 0.1) is 13.8 Å². The summed E-state index contributed by atoms with van der Waals surface area (Å²) in [5.74, 6) is 0. The third-order valence-electron chi connectivity index (χ3n) is 8.76. The summed E-state index contributed by atoms with van der Waals surface area (Å²) < 4.78 is 11.2. The van der Waals surface area contributed by atoms with Gasteiger partial charge < -0.3 is 24.5 Å². The van der Waals surface area contributed by atoms with Crippen molar-refractivity contribution in [3.8, 4) is 11.1 Å². The molecule has 0 saturated carbocycles. The molecule has 2 aromatic heterocycles. The van der Waals surface area contributed by atoms with Crippen LogP contribution in [0.1, 0.15) is 79.9 Å². The van der Waals surface area contributed by atoms with Crippen molar-refractivity contribution >= 4 is 5.69 Å². The molecule has 246 valence electrons. The maximum atomic E-state index is 12.9. The number of rotatable bonds is 16. The van der Waals surface area contributed by atoms with E-state index < -0.39 is 6.23 Å². The first-order valence-corrected chi connectivity index (χ1v) is 16.6. The van der Waals surface area contributed by atoms with E-state index in [4.69, 9.17) is 14.5 Å². The summed E-state index contributed by atoms with van der Waals surface area (Å²) in [4.78, 5) is 25.3. The topological polar surface area (TPSA) is 103 Å². The van der Waals surface area contributed by atoms with Gasteiger partial charge in [-0.05, 0) is 95.0 Å². The van der Waals surface area contributed by atoms with Gasteiger partial charge in [0.25, 0.3) is 5.56 Å². The summed E-state index contributed by atoms with van der Waals surface area (Å²) in [5.41, 5.74) is 8.38. The maximum absolute atomic E-state index is 12.9. The van der Waals surface area contributed by atoms with Crippen molar-refractivity contribution in [3.05, 3.63) is 80.5 Å². The summed E-state index contributed by atoms with van der Waals surface area (Å²) in [5, 5.41) is 14.9. The molecule has 45 heavy (non-hydrogen) atoms. The molecule has 0 radical (unpaired) electrons. The highest BCUT2D eigenvalue weighted by molar-refractivity contribution is 5.72. The molecule has 9 heteroatoms. The summed E-state index contributed by atoms with van der Waals surface area (Å²) in [6.07, 6.45) is 4.67. The number of aromatic amines is 1. The third-order valence-corrected chi connectivity index (χ3v) is 8.76. The molecule has 1 saturated heterocycles. The Hall–Kier alpha value is -3.08. The standard InChI is InChI=1S/C36H53N5O4/c1-7-10-27-19-25(4)39-36(43)33(27)23-38-35(42)32-20-29(21-34(26(32)5)41(8-2)31-13-16-45-17-14-31)28-11-12-30(37-22-28)24-40(6)15-18-44-9-3/h11-12,19-22,31,35,38,42H,7-10,13-18,23-24H2,1-6H3,(H,39,43). The lowest BCUT2D eigenvalue weighted by Crippen LogP contribution is -2.40. The third kappa shape index (κ3) is 9.24. The van der Waals surface area contributed by atoms with Crippen LogP contribution >= 0.6 is 0 Å².